The van der Waals surface area contributed by atoms with Crippen LogP contribution in [0.2, 0.25) is 0 Å². The predicted octanol–water partition coefficient (Wildman–Crippen LogP) is 2.97. The molecule has 0 saturated carbocycles. The van der Waals surface area contributed by atoms with Crippen molar-refractivity contribution in [2.24, 2.45) is 5.41 Å². The molecule has 1 N–H and O–H groups in total. The van der Waals surface area contributed by atoms with Crippen LogP contribution in [0, 0.1) is 5.41 Å². The number of Topliss-reactive ketones (excluding diaryl/α,β-unsaturated/α-hetero) is 1. The van der Waals surface area contributed by atoms with Crippen LogP contribution in [-0.2, 0) is 20.8 Å². The van der Waals surface area contributed by atoms with Gasteiger partial charge in [0, 0.05) is 19.0 Å². The Bertz CT molecular complexity index is 786. The predicted molar refractivity (Wildman–Crippen MR) is 119 cm³/mol. The van der Waals surface area contributed by atoms with Crippen LogP contribution in [-0.4, -0.2) is 63.8 Å². The minimum absolute atomic E-state index is 0.000252. The van der Waals surface area contributed by atoms with E-state index in [1.54, 1.807) is 4.90 Å². The second-order valence-corrected chi connectivity index (χ2v) is 9.93. The number of amides is 2. The molecule has 1 aromatic rings. The van der Waals surface area contributed by atoms with E-state index < -0.39 is 18.7 Å². The van der Waals surface area contributed by atoms with Gasteiger partial charge in [-0.2, -0.15) is 0 Å². The highest BCUT2D eigenvalue weighted by atomic mass is 16.3. The Morgan fingerprint density at radius 1 is 1.03 bits per heavy atom. The first-order valence-electron chi connectivity index (χ1n) is 11.5. The topological polar surface area (TPSA) is 77.9 Å². The summed E-state index contributed by atoms with van der Waals surface area (Å²) in [7, 11) is 0. The highest BCUT2D eigenvalue weighted by molar-refractivity contribution is 5.94. The van der Waals surface area contributed by atoms with E-state index in [0.29, 0.717) is 25.8 Å². The first kappa shape index (κ1) is 23.5. The first-order chi connectivity index (χ1) is 14.7. The highest BCUT2D eigenvalue weighted by Crippen LogP contribution is 2.38. The van der Waals surface area contributed by atoms with Gasteiger partial charge in [0.2, 0.25) is 11.8 Å². The maximum absolute atomic E-state index is 13.5. The molecule has 0 bridgehead atoms. The zero-order valence-corrected chi connectivity index (χ0v) is 19.0. The van der Waals surface area contributed by atoms with Gasteiger partial charge < -0.3 is 14.9 Å². The monoisotopic (exact) mass is 428 g/mol. The number of ketones is 1. The minimum Gasteiger partial charge on any atom is -0.389 e. The van der Waals surface area contributed by atoms with Crippen LogP contribution in [0.1, 0.15) is 64.9 Å². The number of aliphatic hydroxyl groups is 1. The zero-order chi connectivity index (χ0) is 22.6. The quantitative estimate of drug-likeness (QED) is 0.724. The summed E-state index contributed by atoms with van der Waals surface area (Å²) in [6.07, 6.45) is 4.74. The lowest BCUT2D eigenvalue weighted by atomic mass is 9.85. The lowest BCUT2D eigenvalue weighted by Crippen LogP contribution is -2.54. The van der Waals surface area contributed by atoms with Crippen molar-refractivity contribution in [3.05, 3.63) is 35.9 Å². The zero-order valence-electron chi connectivity index (χ0n) is 19.0. The van der Waals surface area contributed by atoms with Crippen LogP contribution < -0.4 is 0 Å². The summed E-state index contributed by atoms with van der Waals surface area (Å²) in [6.45, 7) is 6.31. The molecule has 0 aromatic heterocycles. The molecule has 2 fully saturated rings. The smallest absolute Gasteiger partial charge is 0.246 e. The van der Waals surface area contributed by atoms with Crippen LogP contribution >= 0.6 is 0 Å². The average Bonchev–Trinajstić information content (AvgIpc) is 3.40. The number of hydrogen-bond donors (Lipinski definition) is 1. The Morgan fingerprint density at radius 3 is 2.39 bits per heavy atom. The summed E-state index contributed by atoms with van der Waals surface area (Å²) in [5.74, 6) is -0.416. The molecule has 6 heteroatoms. The molecule has 3 atom stereocenters. The molecule has 2 amide bonds. The molecule has 0 unspecified atom stereocenters. The molecule has 2 aliphatic heterocycles. The van der Waals surface area contributed by atoms with Gasteiger partial charge in [-0.15, -0.1) is 0 Å². The van der Waals surface area contributed by atoms with Crippen molar-refractivity contribution in [2.45, 2.75) is 83.8 Å². The molecule has 0 radical (unpaired) electrons. The number of carbonyl (C=O) groups excluding carboxylic acids is 3. The summed E-state index contributed by atoms with van der Waals surface area (Å²) in [5, 5.41) is 9.29. The van der Waals surface area contributed by atoms with Crippen molar-refractivity contribution in [3.63, 3.8) is 0 Å². The number of aryl methyl sites for hydroxylation is 1. The Morgan fingerprint density at radius 2 is 1.74 bits per heavy atom. The number of hydrogen-bond acceptors (Lipinski definition) is 4. The lowest BCUT2D eigenvalue weighted by Gasteiger charge is -2.39. The number of nitrogens with zero attached hydrogens (tertiary/aromatic N) is 2. The third-order valence-electron chi connectivity index (χ3n) is 6.72. The molecular formula is C25H36N2O4. The molecule has 31 heavy (non-hydrogen) atoms. The van der Waals surface area contributed by atoms with E-state index in [-0.39, 0.29) is 29.1 Å². The average molecular weight is 429 g/mol. The Kier molecular flexibility index (Phi) is 7.52. The maximum Gasteiger partial charge on any atom is 0.246 e. The molecule has 3 rings (SSSR count). The number of rotatable bonds is 7. The Balaban J connectivity index is 1.73. The molecule has 2 aliphatic rings. The second-order valence-electron chi connectivity index (χ2n) is 9.93. The van der Waals surface area contributed by atoms with E-state index in [1.165, 1.54) is 5.56 Å². The number of likely N-dealkylation sites (tertiary alicyclic amines) is 2. The van der Waals surface area contributed by atoms with Crippen molar-refractivity contribution in [1.29, 1.82) is 0 Å². The van der Waals surface area contributed by atoms with Crippen LogP contribution in [0.5, 0.6) is 0 Å². The van der Waals surface area contributed by atoms with Gasteiger partial charge in [-0.25, -0.2) is 0 Å². The number of aliphatic hydroxyl groups excluding tert-OH is 1. The van der Waals surface area contributed by atoms with Gasteiger partial charge in [0.05, 0.1) is 6.04 Å². The van der Waals surface area contributed by atoms with E-state index in [2.05, 4.69) is 32.9 Å². The number of carbonyl (C=O) groups is 3. The summed E-state index contributed by atoms with van der Waals surface area (Å²) >= 11 is 0. The standard InChI is InChI=1S/C25H36N2O4/c1-25(2,3)22-15-14-20(24(31)26-16-8-12-19(26)21(29)17-28)27(22)23(30)13-7-11-18-9-5-4-6-10-18/h4-6,9-10,19-20,22,28H,7-8,11-17H2,1-3H3/t19-,20-,22-/m0/s1. The van der Waals surface area contributed by atoms with Crippen LogP contribution in [0.15, 0.2) is 30.3 Å². The van der Waals surface area contributed by atoms with Gasteiger partial charge in [-0.3, -0.25) is 14.4 Å². The fourth-order valence-electron chi connectivity index (χ4n) is 5.13. The Hall–Kier alpha value is -2.21. The van der Waals surface area contributed by atoms with E-state index in [4.69, 9.17) is 0 Å². The summed E-state index contributed by atoms with van der Waals surface area (Å²) in [4.78, 5) is 42.4. The molecule has 0 aliphatic carbocycles. The largest absolute Gasteiger partial charge is 0.389 e. The van der Waals surface area contributed by atoms with Crippen molar-refractivity contribution in [1.82, 2.24) is 9.80 Å². The van der Waals surface area contributed by atoms with Gasteiger partial charge in [0.25, 0.3) is 0 Å². The maximum atomic E-state index is 13.5. The van der Waals surface area contributed by atoms with Crippen LogP contribution in [0.3, 0.4) is 0 Å². The van der Waals surface area contributed by atoms with Crippen molar-refractivity contribution in [2.75, 3.05) is 13.2 Å². The molecule has 6 nitrogen and oxygen atoms in total. The van der Waals surface area contributed by atoms with E-state index >= 15 is 0 Å². The highest BCUT2D eigenvalue weighted by Gasteiger charge is 2.48. The van der Waals surface area contributed by atoms with Gasteiger partial charge >= 0.3 is 0 Å². The van der Waals surface area contributed by atoms with Gasteiger partial charge in [0.1, 0.15) is 12.6 Å². The van der Waals surface area contributed by atoms with Gasteiger partial charge in [0.15, 0.2) is 5.78 Å². The van der Waals surface area contributed by atoms with Crippen LogP contribution in [0.25, 0.3) is 0 Å². The van der Waals surface area contributed by atoms with Gasteiger partial charge in [-0.05, 0) is 49.5 Å². The third-order valence-corrected chi connectivity index (χ3v) is 6.72. The van der Waals surface area contributed by atoms with E-state index in [9.17, 15) is 19.5 Å². The molecule has 0 spiro atoms. The summed E-state index contributed by atoms with van der Waals surface area (Å²) < 4.78 is 0. The van der Waals surface area contributed by atoms with E-state index in [1.807, 2.05) is 23.1 Å². The first-order valence-corrected chi connectivity index (χ1v) is 11.5. The molecule has 2 saturated heterocycles. The molecule has 1 aromatic carbocycles. The molecule has 2 heterocycles. The van der Waals surface area contributed by atoms with Crippen LogP contribution in [0.4, 0.5) is 0 Å². The van der Waals surface area contributed by atoms with Crippen molar-refractivity contribution < 1.29 is 19.5 Å². The summed E-state index contributed by atoms with van der Waals surface area (Å²) in [6, 6.07) is 9.05. The number of benzene rings is 1. The Labute approximate surface area is 185 Å². The third kappa shape index (κ3) is 5.35. The van der Waals surface area contributed by atoms with Crippen molar-refractivity contribution in [3.8, 4) is 0 Å². The fraction of sp³-hybridized carbons (Fsp3) is 0.640. The SMILES string of the molecule is CC(C)(C)[C@@H]1CC[C@@H](C(=O)N2CCC[C@H]2C(=O)CO)N1C(=O)CCCc1ccccc1. The second kappa shape index (κ2) is 9.94. The minimum atomic E-state index is -0.554. The molecular weight excluding hydrogens is 392 g/mol. The normalized spacial score (nSPS) is 23.9. The fourth-order valence-corrected chi connectivity index (χ4v) is 5.13. The molecule has 170 valence electrons. The van der Waals surface area contributed by atoms with E-state index in [0.717, 1.165) is 25.7 Å². The van der Waals surface area contributed by atoms with Gasteiger partial charge in [-0.1, -0.05) is 51.1 Å². The van der Waals surface area contributed by atoms with Crippen molar-refractivity contribution >= 4 is 17.6 Å². The summed E-state index contributed by atoms with van der Waals surface area (Å²) in [5.41, 5.74) is 1.08. The lowest BCUT2D eigenvalue weighted by molar-refractivity contribution is -0.149.